The number of benzene rings is 1. The van der Waals surface area contributed by atoms with Gasteiger partial charge in [0, 0.05) is 12.4 Å². The molecule has 0 saturated heterocycles. The average Bonchev–Trinajstić information content (AvgIpc) is 3.09. The summed E-state index contributed by atoms with van der Waals surface area (Å²) in [7, 11) is 0. The molecule has 152 valence electrons. The number of nitrogens with one attached hydrogen (secondary N) is 2. The van der Waals surface area contributed by atoms with E-state index in [1.165, 1.54) is 25.3 Å². The van der Waals surface area contributed by atoms with Gasteiger partial charge in [-0.25, -0.2) is 9.78 Å². The van der Waals surface area contributed by atoms with Gasteiger partial charge in [-0.3, -0.25) is 9.78 Å². The molecule has 2 N–H and O–H groups in total. The minimum absolute atomic E-state index is 0.156. The van der Waals surface area contributed by atoms with E-state index in [4.69, 9.17) is 0 Å². The highest BCUT2D eigenvalue weighted by Crippen LogP contribution is 2.36. The first-order chi connectivity index (χ1) is 13.8. The SMILES string of the molecule is CCOC(=O)C(NC(=O)c1cccnc1)(Nc1nc2ccccc2s1)C(F)(F)F. The predicted molar refractivity (Wildman–Crippen MR) is 100 cm³/mol. The number of fused-ring (bicyclic) bond motifs is 1. The molecule has 7 nitrogen and oxygen atoms in total. The molecule has 1 atom stereocenters. The number of carbonyl (C=O) groups excluding carboxylic acids is 2. The highest BCUT2D eigenvalue weighted by molar-refractivity contribution is 7.22. The van der Waals surface area contributed by atoms with Crippen molar-refractivity contribution in [3.05, 3.63) is 54.4 Å². The number of carbonyl (C=O) groups is 2. The molecular weight excluding hydrogens is 409 g/mol. The topological polar surface area (TPSA) is 93.2 Å². The third-order valence-corrected chi connectivity index (χ3v) is 4.77. The van der Waals surface area contributed by atoms with Crippen molar-refractivity contribution >= 4 is 38.6 Å². The summed E-state index contributed by atoms with van der Waals surface area (Å²) in [5, 5.41) is 3.60. The van der Waals surface area contributed by atoms with Crippen LogP contribution in [-0.4, -0.2) is 40.3 Å². The molecule has 0 spiro atoms. The molecule has 0 aliphatic carbocycles. The number of hydrogen-bond acceptors (Lipinski definition) is 7. The number of amides is 1. The normalized spacial score (nSPS) is 13.5. The lowest BCUT2D eigenvalue weighted by molar-refractivity contribution is -0.204. The van der Waals surface area contributed by atoms with Gasteiger partial charge in [0.2, 0.25) is 0 Å². The van der Waals surface area contributed by atoms with Crippen LogP contribution in [0.2, 0.25) is 0 Å². The molecule has 0 bridgehead atoms. The number of halogens is 3. The Labute approximate surface area is 166 Å². The van der Waals surface area contributed by atoms with Crippen molar-refractivity contribution < 1.29 is 27.5 Å². The Morgan fingerprint density at radius 2 is 1.93 bits per heavy atom. The van der Waals surface area contributed by atoms with Gasteiger partial charge in [-0.1, -0.05) is 23.5 Å². The largest absolute Gasteiger partial charge is 0.463 e. The van der Waals surface area contributed by atoms with Gasteiger partial charge in [0.15, 0.2) is 5.13 Å². The average molecular weight is 424 g/mol. The van der Waals surface area contributed by atoms with Crippen LogP contribution in [0.4, 0.5) is 18.3 Å². The summed E-state index contributed by atoms with van der Waals surface area (Å²) in [6.07, 6.45) is -2.80. The quantitative estimate of drug-likeness (QED) is 0.466. The Bertz CT molecular complexity index is 993. The van der Waals surface area contributed by atoms with Crippen LogP contribution in [-0.2, 0) is 9.53 Å². The van der Waals surface area contributed by atoms with Gasteiger partial charge in [-0.15, -0.1) is 0 Å². The van der Waals surface area contributed by atoms with Gasteiger partial charge in [0.1, 0.15) is 0 Å². The zero-order valence-corrected chi connectivity index (χ0v) is 15.8. The first-order valence-corrected chi connectivity index (χ1v) is 9.18. The standard InChI is InChI=1S/C18H15F3N4O3S/c1-2-28-15(27)17(18(19,20)21,24-14(26)11-6-5-9-22-10-11)25-16-23-12-7-3-4-8-13(12)29-16/h3-10H,2H2,1H3,(H,23,25)(H,24,26). The second kappa shape index (κ2) is 8.03. The van der Waals surface area contributed by atoms with E-state index in [-0.39, 0.29) is 17.3 Å². The predicted octanol–water partition coefficient (Wildman–Crippen LogP) is 3.35. The van der Waals surface area contributed by atoms with Crippen LogP contribution in [0.1, 0.15) is 17.3 Å². The lowest BCUT2D eigenvalue weighted by Crippen LogP contribution is -2.69. The van der Waals surface area contributed by atoms with E-state index in [1.807, 2.05) is 0 Å². The number of hydrogen-bond donors (Lipinski definition) is 2. The van der Waals surface area contributed by atoms with Gasteiger partial charge in [0.25, 0.3) is 5.91 Å². The number of nitrogens with zero attached hydrogens (tertiary/aromatic N) is 2. The van der Waals surface area contributed by atoms with E-state index < -0.39 is 23.7 Å². The van der Waals surface area contributed by atoms with Crippen LogP contribution in [0.3, 0.4) is 0 Å². The summed E-state index contributed by atoms with van der Waals surface area (Å²) in [6, 6.07) is 9.33. The minimum atomic E-state index is -5.24. The van der Waals surface area contributed by atoms with Crippen molar-refractivity contribution in [1.82, 2.24) is 15.3 Å². The third kappa shape index (κ3) is 4.14. The van der Waals surface area contributed by atoms with Crippen LogP contribution in [0.15, 0.2) is 48.8 Å². The van der Waals surface area contributed by atoms with Gasteiger partial charge in [-0.2, -0.15) is 13.2 Å². The summed E-state index contributed by atoms with van der Waals surface area (Å²) in [5.41, 5.74) is -3.25. The van der Waals surface area contributed by atoms with Crippen molar-refractivity contribution in [3.63, 3.8) is 0 Å². The lowest BCUT2D eigenvalue weighted by Gasteiger charge is -2.34. The summed E-state index contributed by atoms with van der Waals surface area (Å²) < 4.78 is 47.7. The Balaban J connectivity index is 2.05. The number of thiazole rings is 1. The molecule has 11 heteroatoms. The summed E-state index contributed by atoms with van der Waals surface area (Å²) in [6.45, 7) is 1.04. The minimum Gasteiger partial charge on any atom is -0.463 e. The smallest absolute Gasteiger partial charge is 0.442 e. The van der Waals surface area contributed by atoms with E-state index in [2.05, 4.69) is 20.0 Å². The van der Waals surface area contributed by atoms with Crippen LogP contribution >= 0.6 is 11.3 Å². The molecule has 1 aromatic carbocycles. The Morgan fingerprint density at radius 3 is 2.55 bits per heavy atom. The van der Waals surface area contributed by atoms with E-state index in [0.29, 0.717) is 10.2 Å². The number of anilines is 1. The van der Waals surface area contributed by atoms with Crippen LogP contribution < -0.4 is 10.6 Å². The maximum Gasteiger partial charge on any atom is 0.442 e. The fourth-order valence-corrected chi connectivity index (χ4v) is 3.38. The fourth-order valence-electron chi connectivity index (χ4n) is 2.46. The zero-order valence-electron chi connectivity index (χ0n) is 15.0. The number of pyridine rings is 1. The highest BCUT2D eigenvalue weighted by atomic mass is 32.1. The molecule has 1 amide bonds. The Hall–Kier alpha value is -3.21. The van der Waals surface area contributed by atoms with Crippen molar-refractivity contribution in [2.45, 2.75) is 18.8 Å². The monoisotopic (exact) mass is 424 g/mol. The number of esters is 1. The molecule has 0 aliphatic rings. The zero-order chi connectivity index (χ0) is 21.1. The lowest BCUT2D eigenvalue weighted by atomic mass is 10.1. The highest BCUT2D eigenvalue weighted by Gasteiger charge is 2.64. The maximum atomic E-state index is 14.1. The molecular formula is C18H15F3N4O3S. The summed E-state index contributed by atoms with van der Waals surface area (Å²) in [4.78, 5) is 32.7. The van der Waals surface area contributed by atoms with E-state index in [0.717, 1.165) is 17.5 Å². The Morgan fingerprint density at radius 1 is 1.17 bits per heavy atom. The van der Waals surface area contributed by atoms with Gasteiger partial charge in [-0.05, 0) is 31.2 Å². The molecule has 1 unspecified atom stereocenters. The first-order valence-electron chi connectivity index (χ1n) is 8.37. The molecule has 0 saturated carbocycles. The van der Waals surface area contributed by atoms with Crippen LogP contribution in [0.5, 0.6) is 0 Å². The van der Waals surface area contributed by atoms with Crippen molar-refractivity contribution in [2.24, 2.45) is 0 Å². The molecule has 0 fully saturated rings. The number of rotatable bonds is 6. The van der Waals surface area contributed by atoms with E-state index in [1.54, 1.807) is 29.6 Å². The first kappa shape index (κ1) is 20.5. The molecule has 3 aromatic rings. The Kier molecular flexibility index (Phi) is 5.69. The van der Waals surface area contributed by atoms with Crippen LogP contribution in [0.25, 0.3) is 10.2 Å². The second-order valence-electron chi connectivity index (χ2n) is 5.78. The van der Waals surface area contributed by atoms with Crippen molar-refractivity contribution in [3.8, 4) is 0 Å². The van der Waals surface area contributed by atoms with Gasteiger partial charge in [0.05, 0.1) is 22.4 Å². The fraction of sp³-hybridized carbons (Fsp3) is 0.222. The van der Waals surface area contributed by atoms with Crippen molar-refractivity contribution in [2.75, 3.05) is 11.9 Å². The van der Waals surface area contributed by atoms with E-state index in [9.17, 15) is 22.8 Å². The van der Waals surface area contributed by atoms with E-state index >= 15 is 0 Å². The molecule has 2 aromatic heterocycles. The van der Waals surface area contributed by atoms with Crippen molar-refractivity contribution in [1.29, 1.82) is 0 Å². The molecule has 0 radical (unpaired) electrons. The summed E-state index contributed by atoms with van der Waals surface area (Å²) in [5.74, 6) is -2.86. The number of alkyl halides is 3. The second-order valence-corrected chi connectivity index (χ2v) is 6.81. The molecule has 3 rings (SSSR count). The summed E-state index contributed by atoms with van der Waals surface area (Å²) >= 11 is 0.905. The maximum absolute atomic E-state index is 14.1. The third-order valence-electron chi connectivity index (χ3n) is 3.82. The van der Waals surface area contributed by atoms with Crippen LogP contribution in [0, 0.1) is 0 Å². The number of ether oxygens (including phenoxy) is 1. The van der Waals surface area contributed by atoms with Gasteiger partial charge < -0.3 is 15.4 Å². The van der Waals surface area contributed by atoms with Gasteiger partial charge >= 0.3 is 17.8 Å². The number of aromatic nitrogens is 2. The molecule has 0 aliphatic heterocycles. The molecule has 29 heavy (non-hydrogen) atoms. The number of para-hydroxylation sites is 1. The molecule has 2 heterocycles.